The first kappa shape index (κ1) is 19.9. The molecular weight excluding hydrogens is 316 g/mol. The molecular formula is C20H32N2O3. The number of piperidine rings is 1. The highest BCUT2D eigenvalue weighted by atomic mass is 16.5. The van der Waals surface area contributed by atoms with Crippen LogP contribution in [-0.2, 0) is 9.53 Å². The predicted molar refractivity (Wildman–Crippen MR) is 99.5 cm³/mol. The van der Waals surface area contributed by atoms with Gasteiger partial charge in [-0.25, -0.2) is 0 Å². The molecule has 0 saturated carbocycles. The number of hydrogen-bond donors (Lipinski definition) is 2. The largest absolute Gasteiger partial charge is 0.389 e. The van der Waals surface area contributed by atoms with Crippen molar-refractivity contribution in [3.05, 3.63) is 35.9 Å². The third kappa shape index (κ3) is 6.10. The molecule has 1 aromatic carbocycles. The van der Waals surface area contributed by atoms with Crippen molar-refractivity contribution in [2.45, 2.75) is 44.8 Å². The number of carbonyl (C=O) groups excluding carboxylic acids is 1. The number of nitrogens with one attached hydrogen (secondary N) is 1. The fourth-order valence-corrected chi connectivity index (χ4v) is 3.59. The standard InChI is InChI=1S/C20H32N2O3/c1-15(2)19(16-7-5-4-6-8-16)20(24)21-17-9-11-22(12-10-17)13-18(23)14-25-3/h4-8,15,17-19,23H,9-14H2,1-3H3,(H,21,24). The summed E-state index contributed by atoms with van der Waals surface area (Å²) in [6, 6.07) is 10.2. The van der Waals surface area contributed by atoms with Gasteiger partial charge in [0.2, 0.25) is 5.91 Å². The van der Waals surface area contributed by atoms with Gasteiger partial charge in [-0.15, -0.1) is 0 Å². The number of benzene rings is 1. The maximum absolute atomic E-state index is 12.8. The monoisotopic (exact) mass is 348 g/mol. The topological polar surface area (TPSA) is 61.8 Å². The quantitative estimate of drug-likeness (QED) is 0.754. The SMILES string of the molecule is COCC(O)CN1CCC(NC(=O)C(c2ccccc2)C(C)C)CC1. The van der Waals surface area contributed by atoms with Crippen LogP contribution < -0.4 is 5.32 Å². The Kier molecular flexibility index (Phi) is 7.88. The van der Waals surface area contributed by atoms with Gasteiger partial charge in [-0.05, 0) is 24.3 Å². The number of aliphatic hydroxyl groups is 1. The average Bonchev–Trinajstić information content (AvgIpc) is 2.57. The Morgan fingerprint density at radius 2 is 1.92 bits per heavy atom. The molecule has 0 aromatic heterocycles. The van der Waals surface area contributed by atoms with Crippen LogP contribution in [0, 0.1) is 5.92 Å². The maximum atomic E-state index is 12.8. The van der Waals surface area contributed by atoms with Gasteiger partial charge in [-0.2, -0.15) is 0 Å². The van der Waals surface area contributed by atoms with E-state index in [2.05, 4.69) is 24.1 Å². The molecule has 1 aliphatic heterocycles. The number of carbonyl (C=O) groups is 1. The van der Waals surface area contributed by atoms with E-state index >= 15 is 0 Å². The Labute approximate surface area is 151 Å². The molecule has 140 valence electrons. The number of ether oxygens (including phenoxy) is 1. The zero-order chi connectivity index (χ0) is 18.2. The molecule has 0 spiro atoms. The molecule has 1 amide bonds. The van der Waals surface area contributed by atoms with Gasteiger partial charge in [0.1, 0.15) is 0 Å². The fraction of sp³-hybridized carbons (Fsp3) is 0.650. The van der Waals surface area contributed by atoms with Gasteiger partial charge < -0.3 is 20.1 Å². The molecule has 1 aromatic rings. The zero-order valence-corrected chi connectivity index (χ0v) is 15.6. The van der Waals surface area contributed by atoms with Gasteiger partial charge in [0, 0.05) is 32.8 Å². The number of aliphatic hydroxyl groups excluding tert-OH is 1. The summed E-state index contributed by atoms with van der Waals surface area (Å²) >= 11 is 0. The highest BCUT2D eigenvalue weighted by Gasteiger charge is 2.28. The van der Waals surface area contributed by atoms with Crippen LogP contribution in [-0.4, -0.2) is 61.4 Å². The van der Waals surface area contributed by atoms with Gasteiger partial charge in [-0.3, -0.25) is 4.79 Å². The van der Waals surface area contributed by atoms with E-state index in [1.54, 1.807) is 7.11 Å². The average molecular weight is 348 g/mol. The van der Waals surface area contributed by atoms with Gasteiger partial charge in [0.15, 0.2) is 0 Å². The molecule has 0 radical (unpaired) electrons. The fourth-order valence-electron chi connectivity index (χ4n) is 3.59. The summed E-state index contributed by atoms with van der Waals surface area (Å²) in [5.41, 5.74) is 1.08. The van der Waals surface area contributed by atoms with Crippen LogP contribution in [0.15, 0.2) is 30.3 Å². The van der Waals surface area contributed by atoms with Crippen molar-refractivity contribution >= 4 is 5.91 Å². The summed E-state index contributed by atoms with van der Waals surface area (Å²) in [6.07, 6.45) is 1.40. The van der Waals surface area contributed by atoms with Gasteiger partial charge >= 0.3 is 0 Å². The third-order valence-electron chi connectivity index (χ3n) is 4.87. The van der Waals surface area contributed by atoms with E-state index in [1.807, 2.05) is 30.3 Å². The summed E-state index contributed by atoms with van der Waals surface area (Å²) in [4.78, 5) is 15.1. The minimum Gasteiger partial charge on any atom is -0.389 e. The number of nitrogens with zero attached hydrogens (tertiary/aromatic N) is 1. The first-order valence-electron chi connectivity index (χ1n) is 9.26. The molecule has 0 aliphatic carbocycles. The molecule has 2 rings (SSSR count). The molecule has 5 heteroatoms. The summed E-state index contributed by atoms with van der Waals surface area (Å²) < 4.78 is 4.98. The van der Waals surface area contributed by atoms with Crippen molar-refractivity contribution in [1.82, 2.24) is 10.2 Å². The summed E-state index contributed by atoms with van der Waals surface area (Å²) in [6.45, 7) is 6.97. The van der Waals surface area contributed by atoms with E-state index in [-0.39, 0.29) is 23.8 Å². The smallest absolute Gasteiger partial charge is 0.228 e. The van der Waals surface area contributed by atoms with Crippen molar-refractivity contribution in [1.29, 1.82) is 0 Å². The summed E-state index contributed by atoms with van der Waals surface area (Å²) in [7, 11) is 1.60. The minimum absolute atomic E-state index is 0.109. The van der Waals surface area contributed by atoms with E-state index < -0.39 is 6.10 Å². The molecule has 0 bridgehead atoms. The first-order valence-corrected chi connectivity index (χ1v) is 9.26. The van der Waals surface area contributed by atoms with E-state index in [0.29, 0.717) is 13.2 Å². The molecule has 2 atom stereocenters. The molecule has 25 heavy (non-hydrogen) atoms. The molecule has 1 heterocycles. The Morgan fingerprint density at radius 1 is 1.28 bits per heavy atom. The van der Waals surface area contributed by atoms with Crippen LogP contribution in [0.1, 0.15) is 38.2 Å². The van der Waals surface area contributed by atoms with Crippen molar-refractivity contribution in [3.63, 3.8) is 0 Å². The minimum atomic E-state index is -0.445. The highest BCUT2D eigenvalue weighted by Crippen LogP contribution is 2.25. The second-order valence-electron chi connectivity index (χ2n) is 7.33. The molecule has 1 saturated heterocycles. The van der Waals surface area contributed by atoms with Crippen molar-refractivity contribution < 1.29 is 14.6 Å². The van der Waals surface area contributed by atoms with Crippen LogP contribution in [0.5, 0.6) is 0 Å². The van der Waals surface area contributed by atoms with Crippen molar-refractivity contribution in [2.75, 3.05) is 33.4 Å². The third-order valence-corrected chi connectivity index (χ3v) is 4.87. The number of hydrogen-bond acceptors (Lipinski definition) is 4. The summed E-state index contributed by atoms with van der Waals surface area (Å²) in [5, 5.41) is 13.1. The van der Waals surface area contributed by atoms with E-state index in [1.165, 1.54) is 0 Å². The molecule has 5 nitrogen and oxygen atoms in total. The summed E-state index contributed by atoms with van der Waals surface area (Å²) in [5.74, 6) is 0.272. The molecule has 2 unspecified atom stereocenters. The zero-order valence-electron chi connectivity index (χ0n) is 15.6. The van der Waals surface area contributed by atoms with Gasteiger partial charge in [-0.1, -0.05) is 44.2 Å². The van der Waals surface area contributed by atoms with Crippen LogP contribution in [0.25, 0.3) is 0 Å². The Morgan fingerprint density at radius 3 is 2.48 bits per heavy atom. The first-order chi connectivity index (χ1) is 12.0. The van der Waals surface area contributed by atoms with Crippen molar-refractivity contribution in [2.24, 2.45) is 5.92 Å². The van der Waals surface area contributed by atoms with E-state index in [0.717, 1.165) is 31.5 Å². The Hall–Kier alpha value is -1.43. The Bertz CT molecular complexity index is 513. The van der Waals surface area contributed by atoms with E-state index in [4.69, 9.17) is 4.74 Å². The number of methoxy groups -OCH3 is 1. The van der Waals surface area contributed by atoms with Crippen LogP contribution in [0.4, 0.5) is 0 Å². The van der Waals surface area contributed by atoms with Crippen LogP contribution >= 0.6 is 0 Å². The second-order valence-corrected chi connectivity index (χ2v) is 7.33. The Balaban J connectivity index is 1.85. The molecule has 1 fully saturated rings. The maximum Gasteiger partial charge on any atom is 0.228 e. The predicted octanol–water partition coefficient (Wildman–Crippen LogP) is 2.01. The van der Waals surface area contributed by atoms with Gasteiger partial charge in [0.25, 0.3) is 0 Å². The molecule has 1 aliphatic rings. The normalized spacial score (nSPS) is 18.9. The number of rotatable bonds is 8. The van der Waals surface area contributed by atoms with E-state index in [9.17, 15) is 9.90 Å². The lowest BCUT2D eigenvalue weighted by Crippen LogP contribution is -2.48. The lowest BCUT2D eigenvalue weighted by molar-refractivity contribution is -0.124. The number of likely N-dealkylation sites (tertiary alicyclic amines) is 1. The molecule has 2 N–H and O–H groups in total. The lowest BCUT2D eigenvalue weighted by Gasteiger charge is -2.34. The van der Waals surface area contributed by atoms with Crippen molar-refractivity contribution in [3.8, 4) is 0 Å². The number of β-amino-alcohol motifs (C(OH)–C–C–N with tert-alkyl or cyclic N) is 1. The van der Waals surface area contributed by atoms with Crippen LogP contribution in [0.2, 0.25) is 0 Å². The second kappa shape index (κ2) is 9.90. The number of amides is 1. The van der Waals surface area contributed by atoms with Crippen LogP contribution in [0.3, 0.4) is 0 Å². The lowest BCUT2D eigenvalue weighted by atomic mass is 9.87. The highest BCUT2D eigenvalue weighted by molar-refractivity contribution is 5.84. The van der Waals surface area contributed by atoms with Gasteiger partial charge in [0.05, 0.1) is 18.6 Å².